The maximum atomic E-state index is 14.2. The molecule has 2 nitrogen and oxygen atoms in total. The third-order valence-electron chi connectivity index (χ3n) is 6.74. The average Bonchev–Trinajstić information content (AvgIpc) is 3.54. The van der Waals surface area contributed by atoms with Crippen LogP contribution in [0.4, 0.5) is 12.9 Å². The molecule has 1 saturated carbocycles. The van der Waals surface area contributed by atoms with Gasteiger partial charge in [0.1, 0.15) is 0 Å². The first-order valence-corrected chi connectivity index (χ1v) is 12.0. The fourth-order valence-corrected chi connectivity index (χ4v) is 4.97. The number of hydrogen-bond donors (Lipinski definition) is 0. The van der Waals surface area contributed by atoms with Gasteiger partial charge in [-0.15, -0.1) is 5.47 Å². The Morgan fingerprint density at radius 3 is 2.38 bits per heavy atom. The van der Waals surface area contributed by atoms with E-state index in [1.165, 1.54) is 0 Å². The van der Waals surface area contributed by atoms with E-state index in [1.807, 2.05) is 48.6 Å². The van der Waals surface area contributed by atoms with E-state index in [-0.39, 0.29) is 17.8 Å². The molecule has 0 atom stereocenters. The van der Waals surface area contributed by atoms with Gasteiger partial charge >= 0.3 is 12.9 Å². The van der Waals surface area contributed by atoms with Crippen molar-refractivity contribution in [2.45, 2.75) is 51.4 Å². The van der Waals surface area contributed by atoms with Crippen molar-refractivity contribution in [3.63, 3.8) is 0 Å². The minimum Gasteiger partial charge on any atom is -0.466 e. The standard InChI is InChI=1S/C28H29BF3O2/c1-3-25(29(30,31)32)27(24-19-22-10-6-7-11-23(22)28(24)17-18-28)21-15-13-20(14-16-21)9-5-8-12-26(33)34-4-2/h5-7,9-11,13-16,19H,3-4,8,12,17-18H2,1-2H3/q-1/b9-5+,27-25+. The van der Waals surface area contributed by atoms with E-state index in [1.54, 1.807) is 26.0 Å². The van der Waals surface area contributed by atoms with Crippen molar-refractivity contribution in [1.82, 2.24) is 0 Å². The highest BCUT2D eigenvalue weighted by molar-refractivity contribution is 6.68. The van der Waals surface area contributed by atoms with Crippen LogP contribution in [-0.4, -0.2) is 19.6 Å². The summed E-state index contributed by atoms with van der Waals surface area (Å²) in [5.41, 5.74) is 4.11. The fourth-order valence-electron chi connectivity index (χ4n) is 4.97. The lowest BCUT2D eigenvalue weighted by Gasteiger charge is -2.28. The van der Waals surface area contributed by atoms with Gasteiger partial charge in [0.15, 0.2) is 0 Å². The molecule has 1 fully saturated rings. The van der Waals surface area contributed by atoms with Crippen molar-refractivity contribution in [3.05, 3.63) is 87.9 Å². The van der Waals surface area contributed by atoms with Crippen molar-refractivity contribution in [2.75, 3.05) is 6.61 Å². The molecule has 0 amide bonds. The zero-order valence-electron chi connectivity index (χ0n) is 19.6. The van der Waals surface area contributed by atoms with Crippen molar-refractivity contribution < 1.29 is 22.5 Å². The molecule has 0 bridgehead atoms. The molecule has 6 heteroatoms. The maximum absolute atomic E-state index is 14.2. The number of ether oxygens (including phenoxy) is 1. The van der Waals surface area contributed by atoms with Crippen molar-refractivity contribution in [1.29, 1.82) is 0 Å². The molecule has 2 aliphatic carbocycles. The summed E-state index contributed by atoms with van der Waals surface area (Å²) in [4.78, 5) is 11.5. The number of allylic oxidation sites excluding steroid dienone is 4. The van der Waals surface area contributed by atoms with E-state index in [0.29, 0.717) is 30.6 Å². The molecule has 1 spiro atoms. The second-order valence-corrected chi connectivity index (χ2v) is 8.92. The van der Waals surface area contributed by atoms with Gasteiger partial charge < -0.3 is 17.7 Å². The second-order valence-electron chi connectivity index (χ2n) is 8.92. The van der Waals surface area contributed by atoms with Gasteiger partial charge in [0.2, 0.25) is 0 Å². The Morgan fingerprint density at radius 1 is 1.06 bits per heavy atom. The monoisotopic (exact) mass is 465 g/mol. The summed E-state index contributed by atoms with van der Waals surface area (Å²) in [5.74, 6) is -0.238. The number of rotatable bonds is 9. The molecule has 178 valence electrons. The largest absolute Gasteiger partial charge is 0.506 e. The Morgan fingerprint density at radius 2 is 1.76 bits per heavy atom. The number of halogens is 3. The highest BCUT2D eigenvalue weighted by atomic mass is 19.4. The molecule has 2 aromatic rings. The van der Waals surface area contributed by atoms with Crippen LogP contribution in [-0.2, 0) is 14.9 Å². The Hall–Kier alpha value is -3.02. The first-order chi connectivity index (χ1) is 16.3. The Kier molecular flexibility index (Phi) is 6.87. The SMILES string of the molecule is CCOC(=O)CC/C=C/c1ccc(/C(C2=Cc3ccccc3C23CC3)=C(/CC)[B-](F)(F)F)cc1. The zero-order chi connectivity index (χ0) is 24.3. The summed E-state index contributed by atoms with van der Waals surface area (Å²) in [5, 5.41) is 0. The van der Waals surface area contributed by atoms with Crippen molar-refractivity contribution in [3.8, 4) is 0 Å². The summed E-state index contributed by atoms with van der Waals surface area (Å²) >= 11 is 0. The summed E-state index contributed by atoms with van der Waals surface area (Å²) < 4.78 is 47.6. The highest BCUT2D eigenvalue weighted by Gasteiger charge is 2.52. The molecule has 4 rings (SSSR count). The van der Waals surface area contributed by atoms with Crippen LogP contribution in [0.5, 0.6) is 0 Å². The van der Waals surface area contributed by atoms with Crippen LogP contribution in [0.25, 0.3) is 17.7 Å². The lowest BCUT2D eigenvalue weighted by molar-refractivity contribution is -0.142. The second kappa shape index (κ2) is 9.69. The molecule has 34 heavy (non-hydrogen) atoms. The van der Waals surface area contributed by atoms with Gasteiger partial charge in [-0.1, -0.05) is 80.1 Å². The number of carbonyl (C=O) groups is 1. The molecule has 2 aliphatic rings. The van der Waals surface area contributed by atoms with Crippen LogP contribution in [0.15, 0.2) is 65.7 Å². The smallest absolute Gasteiger partial charge is 0.466 e. The van der Waals surface area contributed by atoms with Crippen LogP contribution >= 0.6 is 0 Å². The molecule has 0 heterocycles. The lowest BCUT2D eigenvalue weighted by Crippen LogP contribution is -2.23. The van der Waals surface area contributed by atoms with E-state index in [4.69, 9.17) is 4.74 Å². The van der Waals surface area contributed by atoms with Crippen molar-refractivity contribution >= 4 is 30.7 Å². The summed E-state index contributed by atoms with van der Waals surface area (Å²) in [6.45, 7) is -1.40. The van der Waals surface area contributed by atoms with E-state index in [0.717, 1.165) is 35.1 Å². The highest BCUT2D eigenvalue weighted by Crippen LogP contribution is 2.62. The van der Waals surface area contributed by atoms with E-state index in [9.17, 15) is 17.7 Å². The van der Waals surface area contributed by atoms with Gasteiger partial charge in [-0.25, -0.2) is 0 Å². The minimum atomic E-state index is -5.13. The Balaban J connectivity index is 1.66. The number of fused-ring (bicyclic) bond motifs is 2. The number of hydrogen-bond acceptors (Lipinski definition) is 2. The van der Waals surface area contributed by atoms with Gasteiger partial charge in [0.05, 0.1) is 6.61 Å². The molecule has 0 N–H and O–H groups in total. The van der Waals surface area contributed by atoms with Gasteiger partial charge in [0, 0.05) is 11.8 Å². The van der Waals surface area contributed by atoms with Crippen LogP contribution in [0.3, 0.4) is 0 Å². The van der Waals surface area contributed by atoms with Crippen LogP contribution in [0.2, 0.25) is 0 Å². The Bertz CT molecular complexity index is 1150. The summed E-state index contributed by atoms with van der Waals surface area (Å²) in [6.07, 6.45) is 8.29. The molecule has 2 aromatic carbocycles. The third-order valence-corrected chi connectivity index (χ3v) is 6.74. The van der Waals surface area contributed by atoms with Crippen LogP contribution < -0.4 is 0 Å². The molecule has 0 aromatic heterocycles. The first kappa shape index (κ1) is 24.1. The zero-order valence-corrected chi connectivity index (χ0v) is 19.6. The molecular weight excluding hydrogens is 436 g/mol. The molecule has 0 saturated heterocycles. The van der Waals surface area contributed by atoms with Crippen molar-refractivity contribution in [2.24, 2.45) is 0 Å². The normalized spacial score (nSPS) is 16.9. The van der Waals surface area contributed by atoms with E-state index >= 15 is 0 Å². The van der Waals surface area contributed by atoms with Crippen LogP contribution in [0, 0.1) is 0 Å². The number of benzene rings is 2. The average molecular weight is 465 g/mol. The fraction of sp³-hybridized carbons (Fsp3) is 0.321. The third kappa shape index (κ3) is 4.77. The molecule has 0 aliphatic heterocycles. The molecular formula is C28H29BF3O2-. The van der Waals surface area contributed by atoms with Gasteiger partial charge in [0.25, 0.3) is 0 Å². The molecule has 0 unspecified atom stereocenters. The predicted octanol–water partition coefficient (Wildman–Crippen LogP) is 7.72. The maximum Gasteiger partial charge on any atom is 0.506 e. The quantitative estimate of drug-likeness (QED) is 0.280. The van der Waals surface area contributed by atoms with E-state index < -0.39 is 12.4 Å². The van der Waals surface area contributed by atoms with E-state index in [2.05, 4.69) is 6.07 Å². The van der Waals surface area contributed by atoms with Gasteiger partial charge in [-0.2, -0.15) is 0 Å². The van der Waals surface area contributed by atoms with Gasteiger partial charge in [-0.3, -0.25) is 4.79 Å². The number of carbonyl (C=O) groups excluding carboxylic acids is 1. The summed E-state index contributed by atoms with van der Waals surface area (Å²) in [7, 11) is 0. The summed E-state index contributed by atoms with van der Waals surface area (Å²) in [6, 6.07) is 15.2. The Labute approximate surface area is 199 Å². The predicted molar refractivity (Wildman–Crippen MR) is 133 cm³/mol. The number of esters is 1. The lowest BCUT2D eigenvalue weighted by atomic mass is 9.69. The van der Waals surface area contributed by atoms with Gasteiger partial charge in [-0.05, 0) is 59.6 Å². The minimum absolute atomic E-state index is 0.0574. The topological polar surface area (TPSA) is 26.3 Å². The first-order valence-electron chi connectivity index (χ1n) is 12.0. The van der Waals surface area contributed by atoms with Crippen LogP contribution in [0.1, 0.15) is 68.2 Å². The molecule has 0 radical (unpaired) electrons.